The van der Waals surface area contributed by atoms with Gasteiger partial charge in [-0.1, -0.05) is 29.8 Å². The van der Waals surface area contributed by atoms with Crippen LogP contribution in [0.5, 0.6) is 0 Å². The molecule has 1 aromatic carbocycles. The van der Waals surface area contributed by atoms with Crippen LogP contribution in [0.3, 0.4) is 0 Å². The molecular formula is C15H20ClO5P. The summed E-state index contributed by atoms with van der Waals surface area (Å²) in [5.74, 6) is -0.743. The summed E-state index contributed by atoms with van der Waals surface area (Å²) < 4.78 is 28.3. The molecule has 0 saturated heterocycles. The van der Waals surface area contributed by atoms with Gasteiger partial charge < -0.3 is 13.8 Å². The Morgan fingerprint density at radius 3 is 2.23 bits per heavy atom. The molecule has 0 fully saturated rings. The van der Waals surface area contributed by atoms with E-state index >= 15 is 0 Å². The quantitative estimate of drug-likeness (QED) is 0.393. The predicted molar refractivity (Wildman–Crippen MR) is 86.9 cm³/mol. The van der Waals surface area contributed by atoms with E-state index < -0.39 is 13.6 Å². The lowest BCUT2D eigenvalue weighted by Crippen LogP contribution is -2.11. The first-order valence-corrected chi connectivity index (χ1v) is 8.93. The molecule has 0 saturated carbocycles. The standard InChI is InChI=1S/C15H20ClO5P/c1-4-19-15(17)14(22(18,20-5-2)21-6-3)11-12-9-7-8-10-13(12)16/h7-11H,4-6H2,1-3H3. The van der Waals surface area contributed by atoms with Gasteiger partial charge in [-0.25, -0.2) is 4.79 Å². The summed E-state index contributed by atoms with van der Waals surface area (Å²) in [6, 6.07) is 6.88. The predicted octanol–water partition coefficient (Wildman–Crippen LogP) is 4.51. The second kappa shape index (κ2) is 9.11. The fourth-order valence-electron chi connectivity index (χ4n) is 1.71. The first-order chi connectivity index (χ1) is 10.5. The molecule has 1 aromatic rings. The van der Waals surface area contributed by atoms with Crippen molar-refractivity contribution in [1.29, 1.82) is 0 Å². The maximum Gasteiger partial charge on any atom is 0.368 e. The maximum atomic E-state index is 12.9. The van der Waals surface area contributed by atoms with E-state index in [1.807, 2.05) is 0 Å². The molecule has 22 heavy (non-hydrogen) atoms. The van der Waals surface area contributed by atoms with Gasteiger partial charge in [-0.05, 0) is 38.5 Å². The molecule has 0 spiro atoms. The lowest BCUT2D eigenvalue weighted by molar-refractivity contribution is -0.137. The second-order valence-electron chi connectivity index (χ2n) is 4.10. The van der Waals surface area contributed by atoms with Gasteiger partial charge in [-0.3, -0.25) is 4.57 Å². The fraction of sp³-hybridized carbons (Fsp3) is 0.400. The molecular weight excluding hydrogens is 327 g/mol. The number of benzene rings is 1. The van der Waals surface area contributed by atoms with Crippen molar-refractivity contribution in [2.45, 2.75) is 20.8 Å². The fourth-order valence-corrected chi connectivity index (χ4v) is 3.52. The summed E-state index contributed by atoms with van der Waals surface area (Å²) in [6.07, 6.45) is 1.40. The zero-order chi connectivity index (χ0) is 16.6. The number of esters is 1. The largest absolute Gasteiger partial charge is 0.462 e. The van der Waals surface area contributed by atoms with Crippen LogP contribution in [0.4, 0.5) is 0 Å². The smallest absolute Gasteiger partial charge is 0.368 e. The van der Waals surface area contributed by atoms with Gasteiger partial charge in [-0.15, -0.1) is 0 Å². The van der Waals surface area contributed by atoms with Crippen molar-refractivity contribution in [3.05, 3.63) is 40.2 Å². The highest BCUT2D eigenvalue weighted by molar-refractivity contribution is 7.60. The highest BCUT2D eigenvalue weighted by atomic mass is 35.5. The normalized spacial score (nSPS) is 12.3. The van der Waals surface area contributed by atoms with Gasteiger partial charge in [0.15, 0.2) is 0 Å². The number of hydrogen-bond acceptors (Lipinski definition) is 5. The summed E-state index contributed by atoms with van der Waals surface area (Å²) in [5.41, 5.74) is 0.534. The van der Waals surface area contributed by atoms with E-state index in [0.717, 1.165) is 0 Å². The Morgan fingerprint density at radius 1 is 1.14 bits per heavy atom. The van der Waals surface area contributed by atoms with E-state index in [2.05, 4.69) is 0 Å². The summed E-state index contributed by atoms with van der Waals surface area (Å²) >= 11 is 6.09. The average molecular weight is 347 g/mol. The van der Waals surface area contributed by atoms with Crippen molar-refractivity contribution in [3.63, 3.8) is 0 Å². The third-order valence-electron chi connectivity index (χ3n) is 2.58. The molecule has 0 aliphatic rings. The second-order valence-corrected chi connectivity index (χ2v) is 6.50. The third-order valence-corrected chi connectivity index (χ3v) is 5.02. The van der Waals surface area contributed by atoms with Crippen molar-refractivity contribution < 1.29 is 23.1 Å². The lowest BCUT2D eigenvalue weighted by atomic mass is 10.2. The topological polar surface area (TPSA) is 61.8 Å². The Labute approximate surface area is 135 Å². The van der Waals surface area contributed by atoms with Crippen molar-refractivity contribution in [2.75, 3.05) is 19.8 Å². The van der Waals surface area contributed by atoms with Gasteiger partial charge in [0.1, 0.15) is 5.31 Å². The zero-order valence-electron chi connectivity index (χ0n) is 12.9. The van der Waals surface area contributed by atoms with Crippen LogP contribution in [0.25, 0.3) is 6.08 Å². The van der Waals surface area contributed by atoms with Gasteiger partial charge in [0, 0.05) is 5.02 Å². The number of ether oxygens (including phenoxy) is 1. The molecule has 0 heterocycles. The van der Waals surface area contributed by atoms with Gasteiger partial charge in [0.25, 0.3) is 0 Å². The molecule has 0 atom stereocenters. The Hall–Kier alpha value is -1.13. The molecule has 5 nitrogen and oxygen atoms in total. The molecule has 0 aliphatic carbocycles. The minimum atomic E-state index is -3.77. The number of hydrogen-bond donors (Lipinski definition) is 0. The highest BCUT2D eigenvalue weighted by Gasteiger charge is 2.36. The van der Waals surface area contributed by atoms with E-state index in [4.69, 9.17) is 25.4 Å². The first kappa shape index (κ1) is 18.9. The van der Waals surface area contributed by atoms with Crippen LogP contribution in [-0.2, 0) is 23.1 Å². The Kier molecular flexibility index (Phi) is 7.83. The molecule has 0 aromatic heterocycles. The monoisotopic (exact) mass is 346 g/mol. The van der Waals surface area contributed by atoms with Crippen molar-refractivity contribution in [3.8, 4) is 0 Å². The molecule has 0 bridgehead atoms. The highest BCUT2D eigenvalue weighted by Crippen LogP contribution is 2.57. The van der Waals surface area contributed by atoms with E-state index in [-0.39, 0.29) is 25.1 Å². The SMILES string of the molecule is CCOC(=O)C(=Cc1ccccc1Cl)P(=O)(OCC)OCC. The molecule has 0 radical (unpaired) electrons. The summed E-state index contributed by atoms with van der Waals surface area (Å²) in [4.78, 5) is 12.2. The Balaban J connectivity index is 3.37. The van der Waals surface area contributed by atoms with Crippen LogP contribution in [0.2, 0.25) is 5.02 Å². The van der Waals surface area contributed by atoms with E-state index in [0.29, 0.717) is 10.6 Å². The number of carbonyl (C=O) groups is 1. The van der Waals surface area contributed by atoms with E-state index in [1.54, 1.807) is 45.0 Å². The molecule has 0 amide bonds. The number of rotatable bonds is 8. The molecule has 0 N–H and O–H groups in total. The van der Waals surface area contributed by atoms with Crippen LogP contribution < -0.4 is 0 Å². The number of carbonyl (C=O) groups excluding carboxylic acids is 1. The minimum Gasteiger partial charge on any atom is -0.462 e. The molecule has 0 unspecified atom stereocenters. The van der Waals surface area contributed by atoms with E-state index in [9.17, 15) is 9.36 Å². The number of halogens is 1. The Morgan fingerprint density at radius 2 is 1.73 bits per heavy atom. The van der Waals surface area contributed by atoms with E-state index in [1.165, 1.54) is 6.08 Å². The van der Waals surface area contributed by atoms with Gasteiger partial charge in [0.2, 0.25) is 0 Å². The first-order valence-electron chi connectivity index (χ1n) is 7.01. The summed E-state index contributed by atoms with van der Waals surface area (Å²) in [5, 5.41) is 0.259. The van der Waals surface area contributed by atoms with Crippen molar-refractivity contribution in [2.24, 2.45) is 0 Å². The van der Waals surface area contributed by atoms with Crippen LogP contribution in [0.15, 0.2) is 29.6 Å². The lowest BCUT2D eigenvalue weighted by Gasteiger charge is -2.19. The van der Waals surface area contributed by atoms with Gasteiger partial charge >= 0.3 is 13.6 Å². The molecule has 1 rings (SSSR count). The van der Waals surface area contributed by atoms with Crippen LogP contribution in [0, 0.1) is 0 Å². The van der Waals surface area contributed by atoms with Crippen molar-refractivity contribution in [1.82, 2.24) is 0 Å². The van der Waals surface area contributed by atoms with Gasteiger partial charge in [0.05, 0.1) is 19.8 Å². The van der Waals surface area contributed by atoms with Gasteiger partial charge in [-0.2, -0.15) is 0 Å². The van der Waals surface area contributed by atoms with Crippen LogP contribution in [-0.4, -0.2) is 25.8 Å². The average Bonchev–Trinajstić information content (AvgIpc) is 2.47. The molecule has 0 aliphatic heterocycles. The minimum absolute atomic E-state index is 0.135. The summed E-state index contributed by atoms with van der Waals surface area (Å²) in [7, 11) is -3.77. The van der Waals surface area contributed by atoms with Crippen molar-refractivity contribution >= 4 is 31.2 Å². The zero-order valence-corrected chi connectivity index (χ0v) is 14.5. The molecule has 122 valence electrons. The summed E-state index contributed by atoms with van der Waals surface area (Å²) in [6.45, 7) is 5.43. The van der Waals surface area contributed by atoms with Crippen LogP contribution >= 0.6 is 19.2 Å². The van der Waals surface area contributed by atoms with Crippen LogP contribution in [0.1, 0.15) is 26.3 Å². The maximum absolute atomic E-state index is 12.9. The Bertz CT molecular complexity index is 575. The molecule has 7 heteroatoms. The third kappa shape index (κ3) is 4.96.